The first kappa shape index (κ1) is 18.2. The van der Waals surface area contributed by atoms with Crippen molar-refractivity contribution in [1.82, 2.24) is 10.2 Å². The van der Waals surface area contributed by atoms with Gasteiger partial charge in [0.25, 0.3) is 5.91 Å². The molecular formula is C19H18N2O6. The Morgan fingerprint density at radius 3 is 2.52 bits per heavy atom. The van der Waals surface area contributed by atoms with Gasteiger partial charge in [-0.05, 0) is 35.0 Å². The second-order valence-corrected chi connectivity index (χ2v) is 5.72. The summed E-state index contributed by atoms with van der Waals surface area (Å²) in [5, 5.41) is 4.18. The fourth-order valence-electron chi connectivity index (χ4n) is 2.81. The summed E-state index contributed by atoms with van der Waals surface area (Å²) in [4.78, 5) is 36.8. The summed E-state index contributed by atoms with van der Waals surface area (Å²) >= 11 is 0. The van der Waals surface area contributed by atoms with Crippen LogP contribution in [0, 0.1) is 0 Å². The maximum absolute atomic E-state index is 12.5. The van der Waals surface area contributed by atoms with Crippen molar-refractivity contribution >= 4 is 34.8 Å². The van der Waals surface area contributed by atoms with E-state index < -0.39 is 24.5 Å². The number of rotatable bonds is 5. The minimum Gasteiger partial charge on any atom is -0.497 e. The third-order valence-corrected chi connectivity index (χ3v) is 4.22. The number of methoxy groups -OCH3 is 3. The van der Waals surface area contributed by atoms with Crippen LogP contribution in [0.1, 0.15) is 5.56 Å². The lowest BCUT2D eigenvalue weighted by Crippen LogP contribution is -2.36. The number of nitrogens with zero attached hydrogens (tertiary/aromatic N) is 1. The van der Waals surface area contributed by atoms with E-state index in [0.29, 0.717) is 17.1 Å². The highest BCUT2D eigenvalue weighted by molar-refractivity contribution is 6.16. The number of hydrogen-bond donors (Lipinski definition) is 1. The van der Waals surface area contributed by atoms with Crippen molar-refractivity contribution < 1.29 is 28.6 Å². The molecule has 0 atom stereocenters. The number of carbonyl (C=O) groups is 3. The number of hydrogen-bond acceptors (Lipinski definition) is 6. The van der Waals surface area contributed by atoms with Crippen LogP contribution in [0.2, 0.25) is 0 Å². The molecule has 0 radical (unpaired) electrons. The minimum absolute atomic E-state index is 0.0394. The predicted octanol–water partition coefficient (Wildman–Crippen LogP) is 1.92. The van der Waals surface area contributed by atoms with E-state index in [4.69, 9.17) is 9.47 Å². The highest BCUT2D eigenvalue weighted by atomic mass is 16.5. The van der Waals surface area contributed by atoms with Crippen molar-refractivity contribution in [1.29, 1.82) is 0 Å². The van der Waals surface area contributed by atoms with Gasteiger partial charge in [-0.2, -0.15) is 0 Å². The van der Waals surface area contributed by atoms with Crippen molar-refractivity contribution in [2.75, 3.05) is 27.9 Å². The molecule has 1 fully saturated rings. The predicted molar refractivity (Wildman–Crippen MR) is 97.3 cm³/mol. The molecule has 0 saturated carbocycles. The van der Waals surface area contributed by atoms with Crippen LogP contribution in [-0.2, 0) is 14.3 Å². The smallest absolute Gasteiger partial charge is 0.329 e. The van der Waals surface area contributed by atoms with E-state index in [9.17, 15) is 14.4 Å². The van der Waals surface area contributed by atoms with Gasteiger partial charge in [0.2, 0.25) is 0 Å². The third kappa shape index (κ3) is 3.41. The number of benzene rings is 2. The molecule has 2 aromatic carbocycles. The normalized spacial score (nSPS) is 15.2. The van der Waals surface area contributed by atoms with Gasteiger partial charge in [-0.1, -0.05) is 12.1 Å². The van der Waals surface area contributed by atoms with Crippen LogP contribution in [0.5, 0.6) is 11.5 Å². The van der Waals surface area contributed by atoms with E-state index in [2.05, 4.69) is 10.1 Å². The second kappa shape index (κ2) is 7.36. The Hall–Kier alpha value is -3.55. The molecular weight excluding hydrogens is 352 g/mol. The lowest BCUT2D eigenvalue weighted by Gasteiger charge is -2.11. The summed E-state index contributed by atoms with van der Waals surface area (Å²) in [6, 6.07) is 8.50. The van der Waals surface area contributed by atoms with Crippen LogP contribution in [0.3, 0.4) is 0 Å². The maximum atomic E-state index is 12.5. The summed E-state index contributed by atoms with van der Waals surface area (Å²) in [6.07, 6.45) is 1.53. The molecule has 1 heterocycles. The monoisotopic (exact) mass is 370 g/mol. The third-order valence-electron chi connectivity index (χ3n) is 4.22. The standard InChI is InChI=1S/C19H18N2O6/c1-25-12-6-4-11-5-7-16(26-2)14(13(11)8-12)9-15-18(23)21(19(24)20-15)10-17(22)27-3/h4-9H,10H2,1-3H3,(H,20,24)/b15-9+. The largest absolute Gasteiger partial charge is 0.497 e. The average Bonchev–Trinajstić information content (AvgIpc) is 2.95. The number of esters is 1. The highest BCUT2D eigenvalue weighted by Gasteiger charge is 2.35. The van der Waals surface area contributed by atoms with Crippen molar-refractivity contribution in [2.45, 2.75) is 0 Å². The zero-order chi connectivity index (χ0) is 19.6. The molecule has 1 aliphatic heterocycles. The van der Waals surface area contributed by atoms with Crippen LogP contribution in [0.25, 0.3) is 16.8 Å². The molecule has 8 nitrogen and oxygen atoms in total. The SMILES string of the molecule is COC(=O)CN1C(=O)N/C(=C/c2c(OC)ccc3ccc(OC)cc23)C1=O. The first-order chi connectivity index (χ1) is 13.0. The Morgan fingerprint density at radius 1 is 1.11 bits per heavy atom. The summed E-state index contributed by atoms with van der Waals surface area (Å²) in [5.41, 5.74) is 0.648. The van der Waals surface area contributed by atoms with E-state index >= 15 is 0 Å². The lowest BCUT2D eigenvalue weighted by molar-refractivity contribution is -0.143. The van der Waals surface area contributed by atoms with Gasteiger partial charge in [-0.25, -0.2) is 9.69 Å². The van der Waals surface area contributed by atoms with Gasteiger partial charge in [-0.15, -0.1) is 0 Å². The number of nitrogens with one attached hydrogen (secondary N) is 1. The number of fused-ring (bicyclic) bond motifs is 1. The topological polar surface area (TPSA) is 94.2 Å². The molecule has 8 heteroatoms. The summed E-state index contributed by atoms with van der Waals surface area (Å²) in [5.74, 6) is -0.138. The second-order valence-electron chi connectivity index (χ2n) is 5.72. The Kier molecular flexibility index (Phi) is 4.98. The molecule has 0 bridgehead atoms. The fraction of sp³-hybridized carbons (Fsp3) is 0.211. The van der Waals surface area contributed by atoms with E-state index in [1.165, 1.54) is 20.3 Å². The molecule has 2 aromatic rings. The minimum atomic E-state index is -0.688. The Bertz CT molecular complexity index is 961. The van der Waals surface area contributed by atoms with E-state index in [0.717, 1.165) is 15.7 Å². The number of imide groups is 1. The zero-order valence-electron chi connectivity index (χ0n) is 15.1. The molecule has 0 aromatic heterocycles. The Balaban J connectivity index is 2.08. The zero-order valence-corrected chi connectivity index (χ0v) is 15.1. The number of carbonyl (C=O) groups excluding carboxylic acids is 3. The van der Waals surface area contributed by atoms with Crippen molar-refractivity contribution in [3.05, 3.63) is 41.6 Å². The van der Waals surface area contributed by atoms with Gasteiger partial charge in [0, 0.05) is 5.56 Å². The van der Waals surface area contributed by atoms with Crippen LogP contribution in [0.15, 0.2) is 36.0 Å². The molecule has 0 spiro atoms. The number of amides is 3. The van der Waals surface area contributed by atoms with Gasteiger partial charge in [0.1, 0.15) is 23.7 Å². The molecule has 3 rings (SSSR count). The molecule has 0 unspecified atom stereocenters. The molecule has 3 amide bonds. The van der Waals surface area contributed by atoms with Gasteiger partial charge >= 0.3 is 12.0 Å². The number of urea groups is 1. The summed E-state index contributed by atoms with van der Waals surface area (Å²) < 4.78 is 15.2. The summed E-state index contributed by atoms with van der Waals surface area (Å²) in [7, 11) is 4.26. The lowest BCUT2D eigenvalue weighted by atomic mass is 10.0. The first-order valence-corrected chi connectivity index (χ1v) is 8.04. The van der Waals surface area contributed by atoms with Gasteiger partial charge in [0.05, 0.1) is 21.3 Å². The molecule has 27 heavy (non-hydrogen) atoms. The molecule has 1 N–H and O–H groups in total. The van der Waals surface area contributed by atoms with Gasteiger partial charge in [-0.3, -0.25) is 9.59 Å². The van der Waals surface area contributed by atoms with Crippen LogP contribution in [0.4, 0.5) is 4.79 Å². The average molecular weight is 370 g/mol. The first-order valence-electron chi connectivity index (χ1n) is 8.04. The fourth-order valence-corrected chi connectivity index (χ4v) is 2.81. The van der Waals surface area contributed by atoms with Crippen LogP contribution in [-0.4, -0.2) is 50.7 Å². The van der Waals surface area contributed by atoms with Crippen LogP contribution < -0.4 is 14.8 Å². The Morgan fingerprint density at radius 2 is 1.85 bits per heavy atom. The van der Waals surface area contributed by atoms with Gasteiger partial charge in [0.15, 0.2) is 0 Å². The van der Waals surface area contributed by atoms with Crippen molar-refractivity contribution in [3.63, 3.8) is 0 Å². The van der Waals surface area contributed by atoms with Gasteiger partial charge < -0.3 is 19.5 Å². The van der Waals surface area contributed by atoms with Crippen molar-refractivity contribution in [3.8, 4) is 11.5 Å². The number of ether oxygens (including phenoxy) is 3. The summed E-state index contributed by atoms with van der Waals surface area (Å²) in [6.45, 7) is -0.459. The van der Waals surface area contributed by atoms with E-state index in [1.807, 2.05) is 24.3 Å². The molecule has 140 valence electrons. The molecule has 1 aliphatic rings. The highest BCUT2D eigenvalue weighted by Crippen LogP contribution is 2.33. The van der Waals surface area contributed by atoms with Crippen molar-refractivity contribution in [2.24, 2.45) is 0 Å². The molecule has 1 saturated heterocycles. The van der Waals surface area contributed by atoms with E-state index in [-0.39, 0.29) is 5.70 Å². The molecule has 0 aliphatic carbocycles. The maximum Gasteiger partial charge on any atom is 0.329 e. The quantitative estimate of drug-likeness (QED) is 0.491. The van der Waals surface area contributed by atoms with E-state index in [1.54, 1.807) is 13.2 Å². The van der Waals surface area contributed by atoms with Crippen LogP contribution >= 0.6 is 0 Å². The Labute approximate surface area is 155 Å².